The molecular weight excluding hydrogens is 258 g/mol. The average molecular weight is 285 g/mol. The summed E-state index contributed by atoms with van der Waals surface area (Å²) in [6.45, 7) is 11.5. The Labute approximate surface area is 128 Å². The molecule has 3 heteroatoms. The van der Waals surface area contributed by atoms with E-state index < -0.39 is 0 Å². The van der Waals surface area contributed by atoms with Gasteiger partial charge in [0, 0.05) is 11.7 Å². The van der Waals surface area contributed by atoms with Crippen LogP contribution in [0.4, 0.5) is 0 Å². The lowest BCUT2D eigenvalue weighted by Gasteiger charge is -2.10. The zero-order valence-electron chi connectivity index (χ0n) is 13.9. The van der Waals surface area contributed by atoms with Crippen LogP contribution in [0.25, 0.3) is 0 Å². The maximum atomic E-state index is 6.11. The van der Waals surface area contributed by atoms with Gasteiger partial charge in [-0.3, -0.25) is 4.68 Å². The zero-order valence-corrected chi connectivity index (χ0v) is 13.9. The van der Waals surface area contributed by atoms with Crippen LogP contribution in [0, 0.1) is 27.7 Å². The first-order chi connectivity index (χ1) is 9.90. The summed E-state index contributed by atoms with van der Waals surface area (Å²) in [5.74, 6) is 0. The lowest BCUT2D eigenvalue weighted by molar-refractivity contribution is 0.635. The van der Waals surface area contributed by atoms with Crippen LogP contribution in [-0.4, -0.2) is 15.8 Å². The summed E-state index contributed by atoms with van der Waals surface area (Å²) < 4.78 is 2.11. The molecule has 0 saturated heterocycles. The predicted molar refractivity (Wildman–Crippen MR) is 88.7 cm³/mol. The molecule has 1 unspecified atom stereocenters. The second-order valence-corrected chi connectivity index (χ2v) is 6.18. The number of nitrogens with two attached hydrogens (primary N) is 1. The summed E-state index contributed by atoms with van der Waals surface area (Å²) in [5, 5.41) is 4.71. The molecule has 1 atom stereocenters. The Balaban J connectivity index is 2.27. The lowest BCUT2D eigenvalue weighted by atomic mass is 10.0. The molecule has 1 aromatic carbocycles. The Morgan fingerprint density at radius 1 is 1.10 bits per heavy atom. The zero-order chi connectivity index (χ0) is 15.6. The van der Waals surface area contributed by atoms with E-state index in [1.54, 1.807) is 0 Å². The summed E-state index contributed by atoms with van der Waals surface area (Å²) >= 11 is 0. The molecule has 0 spiro atoms. The van der Waals surface area contributed by atoms with Gasteiger partial charge in [-0.1, -0.05) is 36.2 Å². The molecule has 2 aromatic rings. The minimum atomic E-state index is 0.223. The standard InChI is InChI=1S/C18H27N3/c1-6-17(19)10-18-14(4)20-21(15(18)5)11-16-8-12(2)7-13(3)9-16/h7-9,17H,6,10-11,19H2,1-5H3. The van der Waals surface area contributed by atoms with Crippen LogP contribution in [0.15, 0.2) is 18.2 Å². The van der Waals surface area contributed by atoms with Gasteiger partial charge in [0.2, 0.25) is 0 Å². The van der Waals surface area contributed by atoms with Gasteiger partial charge in [0.1, 0.15) is 0 Å². The first kappa shape index (κ1) is 15.8. The topological polar surface area (TPSA) is 43.8 Å². The quantitative estimate of drug-likeness (QED) is 0.914. The van der Waals surface area contributed by atoms with Gasteiger partial charge >= 0.3 is 0 Å². The van der Waals surface area contributed by atoms with Crippen molar-refractivity contribution < 1.29 is 0 Å². The first-order valence-electron chi connectivity index (χ1n) is 7.76. The Morgan fingerprint density at radius 2 is 1.71 bits per heavy atom. The minimum Gasteiger partial charge on any atom is -0.327 e. The number of benzene rings is 1. The van der Waals surface area contributed by atoms with Crippen LogP contribution in [0.5, 0.6) is 0 Å². The molecule has 0 aliphatic heterocycles. The van der Waals surface area contributed by atoms with E-state index in [4.69, 9.17) is 10.8 Å². The van der Waals surface area contributed by atoms with E-state index in [0.29, 0.717) is 0 Å². The largest absolute Gasteiger partial charge is 0.327 e. The third kappa shape index (κ3) is 3.73. The maximum absolute atomic E-state index is 6.11. The monoisotopic (exact) mass is 285 g/mol. The fourth-order valence-corrected chi connectivity index (χ4v) is 2.92. The Hall–Kier alpha value is -1.61. The van der Waals surface area contributed by atoms with Crippen LogP contribution in [-0.2, 0) is 13.0 Å². The highest BCUT2D eigenvalue weighted by molar-refractivity contribution is 5.30. The van der Waals surface area contributed by atoms with Gasteiger partial charge < -0.3 is 5.73 Å². The van der Waals surface area contributed by atoms with Crippen LogP contribution < -0.4 is 5.73 Å². The van der Waals surface area contributed by atoms with E-state index in [2.05, 4.69) is 57.5 Å². The van der Waals surface area contributed by atoms with Crippen LogP contribution in [0.3, 0.4) is 0 Å². The third-order valence-electron chi connectivity index (χ3n) is 4.14. The first-order valence-corrected chi connectivity index (χ1v) is 7.76. The van der Waals surface area contributed by atoms with Gasteiger partial charge in [0.15, 0.2) is 0 Å². The number of aromatic nitrogens is 2. The Kier molecular flexibility index (Phi) is 4.84. The number of hydrogen-bond acceptors (Lipinski definition) is 2. The van der Waals surface area contributed by atoms with Crippen molar-refractivity contribution >= 4 is 0 Å². The summed E-state index contributed by atoms with van der Waals surface area (Å²) in [6, 6.07) is 6.90. The smallest absolute Gasteiger partial charge is 0.0662 e. The van der Waals surface area contributed by atoms with Gasteiger partial charge in [0.05, 0.1) is 12.2 Å². The van der Waals surface area contributed by atoms with Crippen molar-refractivity contribution in [2.24, 2.45) is 5.73 Å². The third-order valence-corrected chi connectivity index (χ3v) is 4.14. The maximum Gasteiger partial charge on any atom is 0.0662 e. The van der Waals surface area contributed by atoms with E-state index in [0.717, 1.165) is 25.1 Å². The molecule has 1 aromatic heterocycles. The molecule has 0 radical (unpaired) electrons. The molecular formula is C18H27N3. The molecule has 114 valence electrons. The molecule has 0 aliphatic rings. The van der Waals surface area contributed by atoms with Crippen LogP contribution in [0.2, 0.25) is 0 Å². The van der Waals surface area contributed by atoms with Gasteiger partial charge in [0.25, 0.3) is 0 Å². The Bertz CT molecular complexity index is 605. The molecule has 1 heterocycles. The molecule has 3 nitrogen and oxygen atoms in total. The summed E-state index contributed by atoms with van der Waals surface area (Å²) in [6.07, 6.45) is 1.92. The van der Waals surface area contributed by atoms with Gasteiger partial charge in [-0.2, -0.15) is 5.10 Å². The number of hydrogen-bond donors (Lipinski definition) is 1. The summed E-state index contributed by atoms with van der Waals surface area (Å²) in [7, 11) is 0. The molecule has 0 fully saturated rings. The summed E-state index contributed by atoms with van der Waals surface area (Å²) in [5.41, 5.74) is 13.7. The molecule has 0 aliphatic carbocycles. The van der Waals surface area contributed by atoms with Crippen molar-refractivity contribution in [3.63, 3.8) is 0 Å². The second kappa shape index (κ2) is 6.44. The highest BCUT2D eigenvalue weighted by atomic mass is 15.3. The van der Waals surface area contributed by atoms with E-state index >= 15 is 0 Å². The average Bonchev–Trinajstić information content (AvgIpc) is 2.65. The molecule has 0 bridgehead atoms. The molecule has 21 heavy (non-hydrogen) atoms. The minimum absolute atomic E-state index is 0.223. The molecule has 0 saturated carbocycles. The van der Waals surface area contributed by atoms with Crippen molar-refractivity contribution in [3.8, 4) is 0 Å². The van der Waals surface area contributed by atoms with E-state index in [1.165, 1.54) is 27.9 Å². The fourth-order valence-electron chi connectivity index (χ4n) is 2.92. The normalized spacial score (nSPS) is 12.7. The number of aryl methyl sites for hydroxylation is 3. The second-order valence-electron chi connectivity index (χ2n) is 6.18. The van der Waals surface area contributed by atoms with Crippen LogP contribution in [0.1, 0.15) is 47.0 Å². The van der Waals surface area contributed by atoms with E-state index in [9.17, 15) is 0 Å². The number of nitrogens with zero attached hydrogens (tertiary/aromatic N) is 2. The SMILES string of the molecule is CCC(N)Cc1c(C)nn(Cc2cc(C)cc(C)c2)c1C. The fraction of sp³-hybridized carbons (Fsp3) is 0.500. The van der Waals surface area contributed by atoms with Gasteiger partial charge in [-0.15, -0.1) is 0 Å². The Morgan fingerprint density at radius 3 is 2.29 bits per heavy atom. The molecule has 0 amide bonds. The highest BCUT2D eigenvalue weighted by Crippen LogP contribution is 2.18. The molecule has 2 N–H and O–H groups in total. The highest BCUT2D eigenvalue weighted by Gasteiger charge is 2.14. The van der Waals surface area contributed by atoms with Crippen LogP contribution >= 0.6 is 0 Å². The molecule has 2 rings (SSSR count). The predicted octanol–water partition coefficient (Wildman–Crippen LogP) is 3.44. The van der Waals surface area contributed by atoms with E-state index in [1.807, 2.05) is 0 Å². The lowest BCUT2D eigenvalue weighted by Crippen LogP contribution is -2.22. The van der Waals surface area contributed by atoms with Gasteiger partial charge in [-0.05, 0) is 51.7 Å². The van der Waals surface area contributed by atoms with Crippen molar-refractivity contribution in [2.75, 3.05) is 0 Å². The van der Waals surface area contributed by atoms with Crippen molar-refractivity contribution in [3.05, 3.63) is 51.8 Å². The van der Waals surface area contributed by atoms with Crippen molar-refractivity contribution in [2.45, 2.75) is 60.0 Å². The number of rotatable bonds is 5. The summed E-state index contributed by atoms with van der Waals surface area (Å²) in [4.78, 5) is 0. The van der Waals surface area contributed by atoms with Crippen molar-refractivity contribution in [1.29, 1.82) is 0 Å². The van der Waals surface area contributed by atoms with Crippen molar-refractivity contribution in [1.82, 2.24) is 9.78 Å². The van der Waals surface area contributed by atoms with E-state index in [-0.39, 0.29) is 6.04 Å². The van der Waals surface area contributed by atoms with Gasteiger partial charge in [-0.25, -0.2) is 0 Å².